The van der Waals surface area contributed by atoms with Crippen LogP contribution in [0.15, 0.2) is 0 Å². The Labute approximate surface area is 116 Å². The third kappa shape index (κ3) is 3.57. The highest BCUT2D eigenvalue weighted by Crippen LogP contribution is 2.38. The van der Waals surface area contributed by atoms with Gasteiger partial charge in [-0.3, -0.25) is 0 Å². The fraction of sp³-hybridized carbons (Fsp3) is 1.00. The number of hydrogen-bond donors (Lipinski definition) is 2. The summed E-state index contributed by atoms with van der Waals surface area (Å²) in [5, 5.41) is 3.20. The van der Waals surface area contributed by atoms with Crippen LogP contribution in [0.5, 0.6) is 0 Å². The highest BCUT2D eigenvalue weighted by molar-refractivity contribution is 7.87. The SMILES string of the molecule is CCN[C@H](C)CNS(=O)(=O)N1CC2CCC1C2.Cl. The van der Waals surface area contributed by atoms with Crippen molar-refractivity contribution in [2.75, 3.05) is 19.6 Å². The molecule has 3 atom stereocenters. The fourth-order valence-corrected chi connectivity index (χ4v) is 4.53. The number of nitrogens with one attached hydrogen (secondary N) is 2. The van der Waals surface area contributed by atoms with Crippen LogP contribution in [0.3, 0.4) is 0 Å². The van der Waals surface area contributed by atoms with Crippen molar-refractivity contribution < 1.29 is 8.42 Å². The van der Waals surface area contributed by atoms with Gasteiger partial charge in [0.2, 0.25) is 0 Å². The number of nitrogens with zero attached hydrogens (tertiary/aromatic N) is 1. The van der Waals surface area contributed by atoms with Crippen molar-refractivity contribution in [3.63, 3.8) is 0 Å². The summed E-state index contributed by atoms with van der Waals surface area (Å²) >= 11 is 0. The number of rotatable bonds is 6. The molecule has 1 heterocycles. The zero-order valence-electron chi connectivity index (χ0n) is 11.1. The monoisotopic (exact) mass is 297 g/mol. The fourth-order valence-electron chi connectivity index (χ4n) is 2.91. The number of likely N-dealkylation sites (N-methyl/N-ethyl adjacent to an activating group) is 1. The largest absolute Gasteiger partial charge is 0.313 e. The first-order valence-corrected chi connectivity index (χ1v) is 7.96. The average Bonchev–Trinajstić information content (AvgIpc) is 2.89. The average molecular weight is 298 g/mol. The van der Waals surface area contributed by atoms with Crippen LogP contribution in [0.25, 0.3) is 0 Å². The molecule has 1 aliphatic carbocycles. The molecule has 0 spiro atoms. The van der Waals surface area contributed by atoms with Crippen LogP contribution in [-0.4, -0.2) is 44.4 Å². The summed E-state index contributed by atoms with van der Waals surface area (Å²) in [5.41, 5.74) is 0. The van der Waals surface area contributed by atoms with Crippen LogP contribution in [0, 0.1) is 5.92 Å². The van der Waals surface area contributed by atoms with E-state index in [1.54, 1.807) is 4.31 Å². The maximum atomic E-state index is 12.1. The van der Waals surface area contributed by atoms with E-state index < -0.39 is 10.2 Å². The van der Waals surface area contributed by atoms with Crippen LogP contribution in [0.2, 0.25) is 0 Å². The molecule has 2 rings (SSSR count). The smallest absolute Gasteiger partial charge is 0.279 e. The van der Waals surface area contributed by atoms with Crippen molar-refractivity contribution >= 4 is 22.6 Å². The van der Waals surface area contributed by atoms with Gasteiger partial charge >= 0.3 is 0 Å². The first-order valence-electron chi connectivity index (χ1n) is 6.52. The van der Waals surface area contributed by atoms with Gasteiger partial charge in [0.1, 0.15) is 0 Å². The Hall–Kier alpha value is 0.120. The predicted molar refractivity (Wildman–Crippen MR) is 75.1 cm³/mol. The summed E-state index contributed by atoms with van der Waals surface area (Å²) in [7, 11) is -3.26. The molecular weight excluding hydrogens is 274 g/mol. The first kappa shape index (κ1) is 16.2. The summed E-state index contributed by atoms with van der Waals surface area (Å²) in [6, 6.07) is 0.432. The Morgan fingerprint density at radius 2 is 2.11 bits per heavy atom. The van der Waals surface area contributed by atoms with E-state index >= 15 is 0 Å². The quantitative estimate of drug-likeness (QED) is 0.760. The summed E-state index contributed by atoms with van der Waals surface area (Å²) in [4.78, 5) is 0. The van der Waals surface area contributed by atoms with E-state index in [1.807, 2.05) is 13.8 Å². The predicted octanol–water partition coefficient (Wildman–Crippen LogP) is 0.725. The van der Waals surface area contributed by atoms with Gasteiger partial charge in [0.15, 0.2) is 0 Å². The van der Waals surface area contributed by atoms with Gasteiger partial charge in [-0.25, -0.2) is 4.72 Å². The van der Waals surface area contributed by atoms with Gasteiger partial charge in [-0.15, -0.1) is 12.4 Å². The van der Waals surface area contributed by atoms with Crippen LogP contribution in [0.4, 0.5) is 0 Å². The lowest BCUT2D eigenvalue weighted by molar-refractivity contribution is 0.327. The minimum Gasteiger partial charge on any atom is -0.313 e. The van der Waals surface area contributed by atoms with Crippen molar-refractivity contribution in [2.45, 2.75) is 45.2 Å². The number of piperidine rings is 1. The van der Waals surface area contributed by atoms with E-state index in [0.717, 1.165) is 25.9 Å². The summed E-state index contributed by atoms with van der Waals surface area (Å²) in [6.07, 6.45) is 3.29. The number of halogens is 1. The Morgan fingerprint density at radius 3 is 2.61 bits per heavy atom. The molecule has 1 saturated heterocycles. The molecule has 0 aromatic heterocycles. The van der Waals surface area contributed by atoms with Crippen molar-refractivity contribution in [1.82, 2.24) is 14.3 Å². The molecule has 0 aromatic carbocycles. The van der Waals surface area contributed by atoms with E-state index in [-0.39, 0.29) is 24.5 Å². The Kier molecular flexibility index (Phi) is 5.86. The molecule has 1 saturated carbocycles. The summed E-state index contributed by atoms with van der Waals surface area (Å²) in [5.74, 6) is 0.600. The zero-order chi connectivity index (χ0) is 12.5. The molecule has 2 N–H and O–H groups in total. The second-order valence-corrected chi connectivity index (χ2v) is 6.92. The van der Waals surface area contributed by atoms with Gasteiger partial charge in [-0.2, -0.15) is 12.7 Å². The molecule has 18 heavy (non-hydrogen) atoms. The van der Waals surface area contributed by atoms with Crippen LogP contribution in [-0.2, 0) is 10.2 Å². The maximum absolute atomic E-state index is 12.1. The Bertz CT molecular complexity index is 363. The number of hydrogen-bond acceptors (Lipinski definition) is 3. The van der Waals surface area contributed by atoms with Gasteiger partial charge in [0, 0.05) is 25.2 Å². The van der Waals surface area contributed by atoms with Gasteiger partial charge in [0.25, 0.3) is 10.2 Å². The molecular formula is C11H24ClN3O2S. The first-order chi connectivity index (χ1) is 8.03. The van der Waals surface area contributed by atoms with Gasteiger partial charge in [-0.1, -0.05) is 6.92 Å². The molecule has 2 bridgehead atoms. The second-order valence-electron chi connectivity index (χ2n) is 5.21. The van der Waals surface area contributed by atoms with E-state index in [0.29, 0.717) is 12.5 Å². The summed E-state index contributed by atoms with van der Waals surface area (Å²) < 4.78 is 28.6. The number of fused-ring (bicyclic) bond motifs is 2. The zero-order valence-corrected chi connectivity index (χ0v) is 12.7. The maximum Gasteiger partial charge on any atom is 0.279 e. The molecule has 5 nitrogen and oxygen atoms in total. The van der Waals surface area contributed by atoms with E-state index in [1.165, 1.54) is 6.42 Å². The third-order valence-electron chi connectivity index (χ3n) is 3.79. The Balaban J connectivity index is 0.00000162. The summed E-state index contributed by atoms with van der Waals surface area (Å²) in [6.45, 7) is 6.05. The van der Waals surface area contributed by atoms with Gasteiger partial charge in [0.05, 0.1) is 0 Å². The highest BCUT2D eigenvalue weighted by atomic mass is 35.5. The molecule has 7 heteroatoms. The van der Waals surface area contributed by atoms with E-state index in [2.05, 4.69) is 10.0 Å². The van der Waals surface area contributed by atoms with Gasteiger partial charge < -0.3 is 5.32 Å². The minimum absolute atomic E-state index is 0. The topological polar surface area (TPSA) is 61.4 Å². The third-order valence-corrected chi connectivity index (χ3v) is 5.39. The molecule has 1 aliphatic heterocycles. The van der Waals surface area contributed by atoms with Gasteiger partial charge in [-0.05, 0) is 38.6 Å². The molecule has 0 amide bonds. The van der Waals surface area contributed by atoms with E-state index in [4.69, 9.17) is 0 Å². The van der Waals surface area contributed by atoms with Crippen LogP contribution < -0.4 is 10.0 Å². The van der Waals surface area contributed by atoms with Crippen molar-refractivity contribution in [2.24, 2.45) is 5.92 Å². The van der Waals surface area contributed by atoms with Crippen LogP contribution in [0.1, 0.15) is 33.1 Å². The standard InChI is InChI=1S/C11H23N3O2S.ClH/c1-3-12-9(2)7-13-17(15,16)14-8-10-4-5-11(14)6-10;/h9-13H,3-8H2,1-2H3;1H/t9-,10?,11?;/m1./s1. The van der Waals surface area contributed by atoms with Crippen molar-refractivity contribution in [3.05, 3.63) is 0 Å². The molecule has 0 aromatic rings. The lowest BCUT2D eigenvalue weighted by atomic mass is 10.1. The molecule has 108 valence electrons. The lowest BCUT2D eigenvalue weighted by Crippen LogP contribution is -2.48. The van der Waals surface area contributed by atoms with Crippen molar-refractivity contribution in [1.29, 1.82) is 0 Å². The minimum atomic E-state index is -3.26. The van der Waals surface area contributed by atoms with Crippen molar-refractivity contribution in [3.8, 4) is 0 Å². The molecule has 2 unspecified atom stereocenters. The van der Waals surface area contributed by atoms with Crippen LogP contribution >= 0.6 is 12.4 Å². The lowest BCUT2D eigenvalue weighted by Gasteiger charge is -2.27. The Morgan fingerprint density at radius 1 is 1.39 bits per heavy atom. The molecule has 2 aliphatic rings. The normalized spacial score (nSPS) is 29.2. The highest BCUT2D eigenvalue weighted by Gasteiger charge is 2.43. The van der Waals surface area contributed by atoms with E-state index in [9.17, 15) is 8.42 Å². The molecule has 0 radical (unpaired) electrons. The molecule has 2 fully saturated rings. The second kappa shape index (κ2) is 6.52.